The van der Waals surface area contributed by atoms with Crippen LogP contribution in [0.4, 0.5) is 0 Å². The van der Waals surface area contributed by atoms with Gasteiger partial charge in [0.1, 0.15) is 0 Å². The van der Waals surface area contributed by atoms with E-state index in [2.05, 4.69) is 13.8 Å². The van der Waals surface area contributed by atoms with Gasteiger partial charge in [0.2, 0.25) is 0 Å². The highest BCUT2D eigenvalue weighted by atomic mass is 14.5. The van der Waals surface area contributed by atoms with Gasteiger partial charge in [-0.2, -0.15) is 0 Å². The number of rotatable bonds is 0. The molecule has 1 unspecified atom stereocenters. The van der Waals surface area contributed by atoms with Crippen LogP contribution >= 0.6 is 0 Å². The first-order valence-electron chi connectivity index (χ1n) is 5.16. The van der Waals surface area contributed by atoms with E-state index in [4.69, 9.17) is 0 Å². The summed E-state index contributed by atoms with van der Waals surface area (Å²) in [5.74, 6) is 0. The lowest BCUT2D eigenvalue weighted by Crippen LogP contribution is -2.35. The highest BCUT2D eigenvalue weighted by Crippen LogP contribution is 2.60. The molecule has 2 aliphatic rings. The molecule has 0 heteroatoms. The second-order valence-electron chi connectivity index (χ2n) is 5.18. The summed E-state index contributed by atoms with van der Waals surface area (Å²) >= 11 is 0. The molecule has 0 heterocycles. The Morgan fingerprint density at radius 1 is 0.636 bits per heavy atom. The number of hydrogen-bond donors (Lipinski definition) is 0. The summed E-state index contributed by atoms with van der Waals surface area (Å²) in [6, 6.07) is 0. The normalized spacial score (nSPS) is 50.7. The summed E-state index contributed by atoms with van der Waals surface area (Å²) in [6.07, 6.45) is 10.5. The molecule has 0 nitrogen and oxygen atoms in total. The third kappa shape index (κ3) is 0.947. The predicted molar refractivity (Wildman–Crippen MR) is 48.5 cm³/mol. The maximum atomic E-state index is 2.53. The van der Waals surface area contributed by atoms with Gasteiger partial charge in [0.15, 0.2) is 0 Å². The van der Waals surface area contributed by atoms with Gasteiger partial charge >= 0.3 is 0 Å². The molecule has 0 amide bonds. The van der Waals surface area contributed by atoms with Crippen molar-refractivity contribution in [3.8, 4) is 0 Å². The minimum atomic E-state index is 0.727. The average molecular weight is 152 g/mol. The molecule has 0 aliphatic heterocycles. The first-order chi connectivity index (χ1) is 5.16. The fraction of sp³-hybridized carbons (Fsp3) is 1.00. The predicted octanol–water partition coefficient (Wildman–Crippen LogP) is 3.76. The number of fused-ring (bicyclic) bond motifs is 1. The lowest BCUT2D eigenvalue weighted by atomic mass is 9.60. The van der Waals surface area contributed by atoms with Crippen molar-refractivity contribution in [1.29, 1.82) is 0 Å². The highest BCUT2D eigenvalue weighted by Gasteiger charge is 2.48. The molecular weight excluding hydrogens is 132 g/mol. The van der Waals surface area contributed by atoms with E-state index in [1.807, 2.05) is 0 Å². The molecule has 0 saturated heterocycles. The van der Waals surface area contributed by atoms with Crippen molar-refractivity contribution >= 4 is 0 Å². The van der Waals surface area contributed by atoms with Crippen molar-refractivity contribution in [3.05, 3.63) is 0 Å². The summed E-state index contributed by atoms with van der Waals surface area (Å²) in [5.41, 5.74) is 1.45. The smallest absolute Gasteiger partial charge is 0.0272 e. The monoisotopic (exact) mass is 152 g/mol. The zero-order valence-electron chi connectivity index (χ0n) is 7.95. The molecule has 0 bridgehead atoms. The van der Waals surface area contributed by atoms with E-state index >= 15 is 0 Å². The standard InChI is InChI=1S/C11H20/c1-10-6-3-4-7-11(10,2)9-5-8-10/h3-9H2,1-2H3/t10-,11?/m0/s1. The molecule has 64 valence electrons. The molecule has 0 aromatic carbocycles. The average Bonchev–Trinajstić information content (AvgIpc) is 2.25. The fourth-order valence-electron chi connectivity index (χ4n) is 3.36. The minimum absolute atomic E-state index is 0.727. The summed E-state index contributed by atoms with van der Waals surface area (Å²) < 4.78 is 0. The van der Waals surface area contributed by atoms with Crippen molar-refractivity contribution in [2.75, 3.05) is 0 Å². The molecule has 2 atom stereocenters. The Kier molecular flexibility index (Phi) is 1.56. The Labute approximate surface area is 70.4 Å². The van der Waals surface area contributed by atoms with Crippen LogP contribution in [0.1, 0.15) is 58.8 Å². The van der Waals surface area contributed by atoms with Crippen LogP contribution in [0, 0.1) is 10.8 Å². The molecule has 0 radical (unpaired) electrons. The van der Waals surface area contributed by atoms with Gasteiger partial charge in [0, 0.05) is 0 Å². The lowest BCUT2D eigenvalue weighted by molar-refractivity contribution is 0.0520. The summed E-state index contributed by atoms with van der Waals surface area (Å²) in [7, 11) is 0. The van der Waals surface area contributed by atoms with Crippen molar-refractivity contribution in [2.24, 2.45) is 10.8 Å². The Morgan fingerprint density at radius 3 is 1.45 bits per heavy atom. The van der Waals surface area contributed by atoms with E-state index in [9.17, 15) is 0 Å². The van der Waals surface area contributed by atoms with Crippen LogP contribution in [-0.4, -0.2) is 0 Å². The van der Waals surface area contributed by atoms with Gasteiger partial charge in [0.05, 0.1) is 0 Å². The Hall–Kier alpha value is 0. The Balaban J connectivity index is 2.24. The van der Waals surface area contributed by atoms with Crippen LogP contribution in [0.25, 0.3) is 0 Å². The third-order valence-corrected chi connectivity index (χ3v) is 4.62. The van der Waals surface area contributed by atoms with Crippen molar-refractivity contribution in [3.63, 3.8) is 0 Å². The Morgan fingerprint density at radius 2 is 1.00 bits per heavy atom. The van der Waals surface area contributed by atoms with Gasteiger partial charge in [-0.1, -0.05) is 33.1 Å². The van der Waals surface area contributed by atoms with E-state index in [-0.39, 0.29) is 0 Å². The minimum Gasteiger partial charge on any atom is -0.0591 e. The molecule has 0 spiro atoms. The SMILES string of the molecule is CC12CCCC[C@@]1(C)CCC2. The molecule has 0 aromatic heterocycles. The van der Waals surface area contributed by atoms with E-state index in [1.54, 1.807) is 0 Å². The fourth-order valence-corrected chi connectivity index (χ4v) is 3.36. The molecule has 2 fully saturated rings. The second-order valence-corrected chi connectivity index (χ2v) is 5.18. The van der Waals surface area contributed by atoms with Crippen LogP contribution < -0.4 is 0 Å². The van der Waals surface area contributed by atoms with E-state index in [1.165, 1.54) is 44.9 Å². The molecule has 2 rings (SSSR count). The quantitative estimate of drug-likeness (QED) is 0.496. The number of hydrogen-bond acceptors (Lipinski definition) is 0. The Bertz CT molecular complexity index is 143. The maximum absolute atomic E-state index is 2.53. The van der Waals surface area contributed by atoms with Crippen LogP contribution in [0.15, 0.2) is 0 Å². The van der Waals surface area contributed by atoms with Crippen LogP contribution in [0.3, 0.4) is 0 Å². The van der Waals surface area contributed by atoms with Crippen molar-refractivity contribution in [1.82, 2.24) is 0 Å². The lowest BCUT2D eigenvalue weighted by Gasteiger charge is -2.45. The second kappa shape index (κ2) is 2.24. The zero-order valence-corrected chi connectivity index (χ0v) is 7.95. The van der Waals surface area contributed by atoms with Gasteiger partial charge < -0.3 is 0 Å². The molecule has 0 aromatic rings. The summed E-state index contributed by atoms with van der Waals surface area (Å²) in [6.45, 7) is 5.05. The van der Waals surface area contributed by atoms with Crippen LogP contribution in [-0.2, 0) is 0 Å². The maximum Gasteiger partial charge on any atom is -0.0272 e. The summed E-state index contributed by atoms with van der Waals surface area (Å²) in [5, 5.41) is 0. The third-order valence-electron chi connectivity index (χ3n) is 4.62. The molecular formula is C11H20. The van der Waals surface area contributed by atoms with E-state index < -0.39 is 0 Å². The molecule has 2 aliphatic carbocycles. The van der Waals surface area contributed by atoms with Gasteiger partial charge in [-0.25, -0.2) is 0 Å². The van der Waals surface area contributed by atoms with Crippen LogP contribution in [0.2, 0.25) is 0 Å². The molecule has 2 saturated carbocycles. The first kappa shape index (κ1) is 7.64. The zero-order chi connectivity index (χ0) is 7.95. The van der Waals surface area contributed by atoms with E-state index in [0.29, 0.717) is 0 Å². The summed E-state index contributed by atoms with van der Waals surface area (Å²) in [4.78, 5) is 0. The largest absolute Gasteiger partial charge is 0.0591 e. The van der Waals surface area contributed by atoms with Gasteiger partial charge in [-0.3, -0.25) is 0 Å². The molecule has 0 N–H and O–H groups in total. The van der Waals surface area contributed by atoms with Gasteiger partial charge in [-0.15, -0.1) is 0 Å². The molecule has 11 heavy (non-hydrogen) atoms. The van der Waals surface area contributed by atoms with Crippen molar-refractivity contribution < 1.29 is 0 Å². The van der Waals surface area contributed by atoms with Crippen LogP contribution in [0.5, 0.6) is 0 Å². The van der Waals surface area contributed by atoms with Gasteiger partial charge in [-0.05, 0) is 36.5 Å². The first-order valence-corrected chi connectivity index (χ1v) is 5.16. The topological polar surface area (TPSA) is 0 Å². The van der Waals surface area contributed by atoms with E-state index in [0.717, 1.165) is 10.8 Å². The highest BCUT2D eigenvalue weighted by molar-refractivity contribution is 4.99. The van der Waals surface area contributed by atoms with Gasteiger partial charge in [0.25, 0.3) is 0 Å². The van der Waals surface area contributed by atoms with Crippen molar-refractivity contribution in [2.45, 2.75) is 58.8 Å².